The highest BCUT2D eigenvalue weighted by molar-refractivity contribution is 5.24. The number of rotatable bonds is 4. The summed E-state index contributed by atoms with van der Waals surface area (Å²) in [5.74, 6) is -2.63. The zero-order chi connectivity index (χ0) is 11.5. The lowest BCUT2D eigenvalue weighted by Crippen LogP contribution is -2.17. The number of aryl methyl sites for hydroxylation is 1. The Morgan fingerprint density at radius 1 is 1.20 bits per heavy atom. The fraction of sp³-hybridized carbons (Fsp3) is 0.538. The molecule has 1 rings (SSSR count). The molecule has 0 saturated heterocycles. The highest BCUT2D eigenvalue weighted by Gasteiger charge is 2.32. The number of hydrogen-bond acceptors (Lipinski definition) is 0. The Balaban J connectivity index is 2.80. The monoisotopic (exact) mass is 212 g/mol. The largest absolute Gasteiger partial charge is 0.273 e. The molecule has 0 aliphatic rings. The Kier molecular flexibility index (Phi) is 3.83. The summed E-state index contributed by atoms with van der Waals surface area (Å²) in [4.78, 5) is 0. The van der Waals surface area contributed by atoms with Gasteiger partial charge in [-0.05, 0) is 12.8 Å². The van der Waals surface area contributed by atoms with E-state index in [1.165, 1.54) is 12.1 Å². The fourth-order valence-electron chi connectivity index (χ4n) is 1.50. The second kappa shape index (κ2) is 4.73. The number of hydrogen-bond donors (Lipinski definition) is 0. The number of benzene rings is 1. The molecule has 84 valence electrons. The molecular formula is C13H18F2. The van der Waals surface area contributed by atoms with Gasteiger partial charge < -0.3 is 0 Å². The molecule has 1 aromatic rings. The standard InChI is InChI=1S/C13H18F2/c1-4-10(2)9-13(14,15)12-7-5-11(3)6-8-12/h5-8,10H,4,9H2,1-3H3. The van der Waals surface area contributed by atoms with Crippen molar-refractivity contribution in [3.05, 3.63) is 35.4 Å². The van der Waals surface area contributed by atoms with Gasteiger partial charge in [0, 0.05) is 12.0 Å². The van der Waals surface area contributed by atoms with Crippen LogP contribution < -0.4 is 0 Å². The quantitative estimate of drug-likeness (QED) is 0.688. The predicted octanol–water partition coefficient (Wildman–Crippen LogP) is 4.52. The Labute approximate surface area is 90.3 Å². The molecule has 1 aromatic carbocycles. The highest BCUT2D eigenvalue weighted by atomic mass is 19.3. The van der Waals surface area contributed by atoms with E-state index in [9.17, 15) is 8.78 Å². The average molecular weight is 212 g/mol. The van der Waals surface area contributed by atoms with Crippen LogP contribution in [-0.4, -0.2) is 0 Å². The molecule has 15 heavy (non-hydrogen) atoms. The van der Waals surface area contributed by atoms with E-state index in [0.29, 0.717) is 0 Å². The topological polar surface area (TPSA) is 0 Å². The Morgan fingerprint density at radius 2 is 1.73 bits per heavy atom. The first-order chi connectivity index (χ1) is 6.95. The maximum absolute atomic E-state index is 13.7. The zero-order valence-electron chi connectivity index (χ0n) is 9.56. The van der Waals surface area contributed by atoms with Crippen molar-refractivity contribution >= 4 is 0 Å². The third kappa shape index (κ3) is 3.29. The minimum atomic E-state index is -2.69. The van der Waals surface area contributed by atoms with Crippen LogP contribution in [0.15, 0.2) is 24.3 Å². The number of halogens is 2. The Morgan fingerprint density at radius 3 is 2.20 bits per heavy atom. The molecule has 0 N–H and O–H groups in total. The lowest BCUT2D eigenvalue weighted by Gasteiger charge is -2.20. The Hall–Kier alpha value is -0.920. The first kappa shape index (κ1) is 12.2. The van der Waals surface area contributed by atoms with Crippen LogP contribution in [0.2, 0.25) is 0 Å². The van der Waals surface area contributed by atoms with Gasteiger partial charge in [0.1, 0.15) is 0 Å². The van der Waals surface area contributed by atoms with Gasteiger partial charge in [0.2, 0.25) is 0 Å². The van der Waals surface area contributed by atoms with Crippen molar-refractivity contribution in [3.8, 4) is 0 Å². The molecule has 1 atom stereocenters. The molecule has 0 nitrogen and oxygen atoms in total. The summed E-state index contributed by atoms with van der Waals surface area (Å²) in [5.41, 5.74) is 1.14. The van der Waals surface area contributed by atoms with Crippen LogP contribution in [-0.2, 0) is 5.92 Å². The second-order valence-corrected chi connectivity index (χ2v) is 4.29. The molecule has 0 amide bonds. The molecule has 0 saturated carbocycles. The van der Waals surface area contributed by atoms with Crippen LogP contribution in [0, 0.1) is 12.8 Å². The Bertz CT molecular complexity index is 301. The minimum absolute atomic E-state index is 0.0568. The molecule has 0 bridgehead atoms. The van der Waals surface area contributed by atoms with Crippen molar-refractivity contribution < 1.29 is 8.78 Å². The summed E-state index contributed by atoms with van der Waals surface area (Å²) in [5, 5.41) is 0. The smallest absolute Gasteiger partial charge is 0.201 e. The van der Waals surface area contributed by atoms with Gasteiger partial charge in [-0.25, -0.2) is 8.78 Å². The van der Waals surface area contributed by atoms with Gasteiger partial charge >= 0.3 is 0 Å². The van der Waals surface area contributed by atoms with Crippen LogP contribution in [0.3, 0.4) is 0 Å². The van der Waals surface area contributed by atoms with E-state index in [2.05, 4.69) is 0 Å². The summed E-state index contributed by atoms with van der Waals surface area (Å²) < 4.78 is 27.5. The zero-order valence-corrected chi connectivity index (χ0v) is 9.56. The van der Waals surface area contributed by atoms with Crippen LogP contribution in [0.1, 0.15) is 37.8 Å². The van der Waals surface area contributed by atoms with Gasteiger partial charge in [0.05, 0.1) is 0 Å². The molecule has 0 aliphatic heterocycles. The third-order valence-electron chi connectivity index (χ3n) is 2.78. The van der Waals surface area contributed by atoms with Gasteiger partial charge in [0.15, 0.2) is 0 Å². The van der Waals surface area contributed by atoms with Crippen molar-refractivity contribution in [3.63, 3.8) is 0 Å². The van der Waals surface area contributed by atoms with E-state index in [-0.39, 0.29) is 17.9 Å². The van der Waals surface area contributed by atoms with Gasteiger partial charge in [-0.2, -0.15) is 0 Å². The molecule has 2 heteroatoms. The van der Waals surface area contributed by atoms with E-state index in [4.69, 9.17) is 0 Å². The maximum atomic E-state index is 13.7. The van der Waals surface area contributed by atoms with Gasteiger partial charge in [-0.1, -0.05) is 50.1 Å². The summed E-state index contributed by atoms with van der Waals surface area (Å²) in [6, 6.07) is 6.52. The van der Waals surface area contributed by atoms with Gasteiger partial charge in [-0.15, -0.1) is 0 Å². The molecule has 1 unspecified atom stereocenters. The molecule has 0 fully saturated rings. The lowest BCUT2D eigenvalue weighted by molar-refractivity contribution is -0.0273. The molecule has 0 radical (unpaired) electrons. The van der Waals surface area contributed by atoms with Crippen molar-refractivity contribution in [2.45, 2.75) is 39.5 Å². The molecular weight excluding hydrogens is 194 g/mol. The van der Waals surface area contributed by atoms with Gasteiger partial charge in [0.25, 0.3) is 5.92 Å². The van der Waals surface area contributed by atoms with Crippen LogP contribution >= 0.6 is 0 Å². The minimum Gasteiger partial charge on any atom is -0.201 e. The summed E-state index contributed by atoms with van der Waals surface area (Å²) in [7, 11) is 0. The molecule has 0 aliphatic carbocycles. The van der Waals surface area contributed by atoms with Crippen LogP contribution in [0.25, 0.3) is 0 Å². The van der Waals surface area contributed by atoms with Crippen molar-refractivity contribution in [1.29, 1.82) is 0 Å². The summed E-state index contributed by atoms with van der Waals surface area (Å²) in [6.45, 7) is 5.70. The third-order valence-corrected chi connectivity index (χ3v) is 2.78. The predicted molar refractivity (Wildman–Crippen MR) is 59.1 cm³/mol. The summed E-state index contributed by atoms with van der Waals surface area (Å²) in [6.07, 6.45) is 0.730. The second-order valence-electron chi connectivity index (χ2n) is 4.29. The summed E-state index contributed by atoms with van der Waals surface area (Å²) >= 11 is 0. The SMILES string of the molecule is CCC(C)CC(F)(F)c1ccc(C)cc1. The van der Waals surface area contributed by atoms with E-state index in [0.717, 1.165) is 12.0 Å². The van der Waals surface area contributed by atoms with Crippen molar-refractivity contribution in [2.75, 3.05) is 0 Å². The maximum Gasteiger partial charge on any atom is 0.273 e. The van der Waals surface area contributed by atoms with Crippen LogP contribution in [0.5, 0.6) is 0 Å². The van der Waals surface area contributed by atoms with Crippen molar-refractivity contribution in [2.24, 2.45) is 5.92 Å². The normalized spacial score (nSPS) is 13.9. The molecule has 0 heterocycles. The lowest BCUT2D eigenvalue weighted by atomic mass is 9.95. The highest BCUT2D eigenvalue weighted by Crippen LogP contribution is 2.35. The first-order valence-electron chi connectivity index (χ1n) is 5.40. The van der Waals surface area contributed by atoms with E-state index >= 15 is 0 Å². The van der Waals surface area contributed by atoms with Crippen LogP contribution in [0.4, 0.5) is 8.78 Å². The van der Waals surface area contributed by atoms with Gasteiger partial charge in [-0.3, -0.25) is 0 Å². The molecule has 0 spiro atoms. The fourth-order valence-corrected chi connectivity index (χ4v) is 1.50. The van der Waals surface area contributed by atoms with E-state index < -0.39 is 5.92 Å². The first-order valence-corrected chi connectivity index (χ1v) is 5.40. The average Bonchev–Trinajstić information content (AvgIpc) is 2.17. The van der Waals surface area contributed by atoms with E-state index in [1.807, 2.05) is 20.8 Å². The number of alkyl halides is 2. The van der Waals surface area contributed by atoms with Crippen molar-refractivity contribution in [1.82, 2.24) is 0 Å². The molecule has 0 aromatic heterocycles. The van der Waals surface area contributed by atoms with E-state index in [1.54, 1.807) is 12.1 Å².